The Hall–Kier alpha value is 0.0900. The van der Waals surface area contributed by atoms with Crippen LogP contribution in [-0.4, -0.2) is 7.05 Å². The number of nitrogens with one attached hydrogen (secondary N) is 1. The highest BCUT2D eigenvalue weighted by Gasteiger charge is 2.13. The fourth-order valence-electron chi connectivity index (χ4n) is 1.40. The smallest absolute Gasteiger partial charge is 0.0677 e. The van der Waals surface area contributed by atoms with E-state index in [9.17, 15) is 0 Å². The van der Waals surface area contributed by atoms with Gasteiger partial charge in [0.05, 0.1) is 8.93 Å². The van der Waals surface area contributed by atoms with Crippen LogP contribution in [0.4, 0.5) is 0 Å². The molecule has 1 nitrogen and oxygen atoms in total. The van der Waals surface area contributed by atoms with E-state index in [1.54, 1.807) is 22.7 Å². The van der Waals surface area contributed by atoms with E-state index in [0.717, 1.165) is 0 Å². The van der Waals surface area contributed by atoms with Gasteiger partial charge in [-0.05, 0) is 58.1 Å². The highest BCUT2D eigenvalue weighted by atomic mass is 127. The van der Waals surface area contributed by atoms with E-state index in [1.807, 2.05) is 7.05 Å². The van der Waals surface area contributed by atoms with Gasteiger partial charge in [0, 0.05) is 4.88 Å². The first-order chi connectivity index (χ1) is 6.81. The third kappa shape index (κ3) is 2.18. The molecule has 0 aliphatic carbocycles. The monoisotopic (exact) mass is 335 g/mol. The van der Waals surface area contributed by atoms with E-state index >= 15 is 0 Å². The third-order valence-electron chi connectivity index (χ3n) is 2.04. The zero-order chi connectivity index (χ0) is 9.97. The maximum Gasteiger partial charge on any atom is 0.0677 e. The van der Waals surface area contributed by atoms with Crippen LogP contribution in [0.3, 0.4) is 0 Å². The Morgan fingerprint density at radius 3 is 2.79 bits per heavy atom. The molecule has 1 atom stereocenters. The molecule has 0 fully saturated rings. The van der Waals surface area contributed by atoms with Gasteiger partial charge in [-0.15, -0.1) is 22.7 Å². The average Bonchev–Trinajstić information content (AvgIpc) is 2.79. The van der Waals surface area contributed by atoms with Gasteiger partial charge in [-0.1, -0.05) is 6.07 Å². The first-order valence-corrected chi connectivity index (χ1v) is 7.09. The molecule has 74 valence electrons. The van der Waals surface area contributed by atoms with Crippen molar-refractivity contribution in [3.05, 3.63) is 42.3 Å². The quantitative estimate of drug-likeness (QED) is 0.843. The van der Waals surface area contributed by atoms with E-state index in [4.69, 9.17) is 0 Å². The second-order valence-electron chi connectivity index (χ2n) is 2.92. The third-order valence-corrected chi connectivity index (χ3v) is 4.78. The number of rotatable bonds is 3. The number of hydrogen-bond donors (Lipinski definition) is 1. The van der Waals surface area contributed by atoms with E-state index < -0.39 is 0 Å². The van der Waals surface area contributed by atoms with Gasteiger partial charge in [-0.3, -0.25) is 0 Å². The van der Waals surface area contributed by atoms with Crippen molar-refractivity contribution in [2.75, 3.05) is 7.05 Å². The maximum atomic E-state index is 3.35. The van der Waals surface area contributed by atoms with Gasteiger partial charge >= 0.3 is 0 Å². The Labute approximate surface area is 105 Å². The summed E-state index contributed by atoms with van der Waals surface area (Å²) in [5.41, 5.74) is 1.37. The van der Waals surface area contributed by atoms with Crippen molar-refractivity contribution < 1.29 is 0 Å². The van der Waals surface area contributed by atoms with E-state index in [0.29, 0.717) is 6.04 Å². The summed E-state index contributed by atoms with van der Waals surface area (Å²) in [4.78, 5) is 1.38. The van der Waals surface area contributed by atoms with Gasteiger partial charge in [-0.2, -0.15) is 0 Å². The SMILES string of the molecule is CNC(c1csc(I)c1)c1cccs1. The summed E-state index contributed by atoms with van der Waals surface area (Å²) in [5, 5.41) is 7.69. The molecule has 0 saturated carbocycles. The molecule has 1 unspecified atom stereocenters. The van der Waals surface area contributed by atoms with Crippen molar-refractivity contribution in [3.63, 3.8) is 0 Å². The topological polar surface area (TPSA) is 12.0 Å². The number of halogens is 1. The Bertz CT molecular complexity index is 394. The first-order valence-electron chi connectivity index (χ1n) is 4.26. The fourth-order valence-corrected chi connectivity index (χ4v) is 3.66. The van der Waals surface area contributed by atoms with Crippen LogP contribution in [0.1, 0.15) is 16.5 Å². The normalized spacial score (nSPS) is 13.0. The molecule has 0 bridgehead atoms. The summed E-state index contributed by atoms with van der Waals surface area (Å²) in [6.45, 7) is 0. The van der Waals surface area contributed by atoms with Gasteiger partial charge in [-0.25, -0.2) is 0 Å². The predicted molar refractivity (Wildman–Crippen MR) is 72.3 cm³/mol. The molecule has 0 amide bonds. The van der Waals surface area contributed by atoms with Crippen LogP contribution in [0.2, 0.25) is 0 Å². The zero-order valence-corrected chi connectivity index (χ0v) is 11.4. The van der Waals surface area contributed by atoms with Crippen LogP contribution in [0, 0.1) is 2.88 Å². The van der Waals surface area contributed by atoms with Crippen molar-refractivity contribution in [1.29, 1.82) is 0 Å². The molecule has 4 heteroatoms. The van der Waals surface area contributed by atoms with E-state index in [-0.39, 0.29) is 0 Å². The van der Waals surface area contributed by atoms with Gasteiger partial charge in [0.2, 0.25) is 0 Å². The standard InChI is InChI=1S/C10H10INS2/c1-12-10(8-3-2-4-13-8)7-5-9(11)14-6-7/h2-6,10,12H,1H3. The van der Waals surface area contributed by atoms with E-state index in [2.05, 4.69) is 56.9 Å². The molecule has 2 rings (SSSR count). The maximum absolute atomic E-state index is 3.35. The summed E-state index contributed by atoms with van der Waals surface area (Å²) in [7, 11) is 2.01. The molecule has 0 radical (unpaired) electrons. The molecule has 0 saturated heterocycles. The fraction of sp³-hybridized carbons (Fsp3) is 0.200. The molecule has 0 aliphatic rings. The van der Waals surface area contributed by atoms with Crippen LogP contribution < -0.4 is 5.32 Å². The molecular formula is C10H10INS2. The van der Waals surface area contributed by atoms with E-state index in [1.165, 1.54) is 13.3 Å². The minimum Gasteiger partial charge on any atom is -0.309 e. The highest BCUT2D eigenvalue weighted by molar-refractivity contribution is 14.1. The largest absolute Gasteiger partial charge is 0.309 e. The first kappa shape index (κ1) is 10.6. The molecule has 0 spiro atoms. The molecule has 2 aromatic heterocycles. The lowest BCUT2D eigenvalue weighted by molar-refractivity contribution is 0.706. The minimum atomic E-state index is 0.356. The van der Waals surface area contributed by atoms with Crippen molar-refractivity contribution in [2.24, 2.45) is 0 Å². The number of hydrogen-bond acceptors (Lipinski definition) is 3. The summed E-state index contributed by atoms with van der Waals surface area (Å²) >= 11 is 5.96. The summed E-state index contributed by atoms with van der Waals surface area (Å²) in [6.07, 6.45) is 0. The summed E-state index contributed by atoms with van der Waals surface area (Å²) < 4.78 is 1.34. The molecule has 2 heterocycles. The Morgan fingerprint density at radius 1 is 1.43 bits per heavy atom. The van der Waals surface area contributed by atoms with Crippen LogP contribution in [0.25, 0.3) is 0 Å². The summed E-state index contributed by atoms with van der Waals surface area (Å²) in [6, 6.07) is 6.87. The molecular weight excluding hydrogens is 325 g/mol. The van der Waals surface area contributed by atoms with Crippen molar-refractivity contribution in [2.45, 2.75) is 6.04 Å². The Kier molecular flexibility index (Phi) is 3.59. The molecule has 1 N–H and O–H groups in total. The van der Waals surface area contributed by atoms with Crippen LogP contribution >= 0.6 is 45.3 Å². The zero-order valence-electron chi connectivity index (χ0n) is 7.66. The lowest BCUT2D eigenvalue weighted by Crippen LogP contribution is -2.15. The van der Waals surface area contributed by atoms with Gasteiger partial charge in [0.15, 0.2) is 0 Å². The van der Waals surface area contributed by atoms with Gasteiger partial charge < -0.3 is 5.32 Å². The highest BCUT2D eigenvalue weighted by Crippen LogP contribution is 2.29. The van der Waals surface area contributed by atoms with Crippen molar-refractivity contribution in [1.82, 2.24) is 5.32 Å². The molecule has 14 heavy (non-hydrogen) atoms. The average molecular weight is 335 g/mol. The molecule has 2 aromatic rings. The van der Waals surface area contributed by atoms with Gasteiger partial charge in [0.25, 0.3) is 0 Å². The Balaban J connectivity index is 2.31. The van der Waals surface area contributed by atoms with Crippen LogP contribution in [-0.2, 0) is 0 Å². The lowest BCUT2D eigenvalue weighted by Gasteiger charge is -2.12. The molecule has 0 aliphatic heterocycles. The van der Waals surface area contributed by atoms with Crippen molar-refractivity contribution in [3.8, 4) is 0 Å². The lowest BCUT2D eigenvalue weighted by atomic mass is 10.1. The Morgan fingerprint density at radius 2 is 2.29 bits per heavy atom. The summed E-state index contributed by atoms with van der Waals surface area (Å²) in [5.74, 6) is 0. The second-order valence-corrected chi connectivity index (χ2v) is 6.71. The van der Waals surface area contributed by atoms with Crippen molar-refractivity contribution >= 4 is 45.3 Å². The van der Waals surface area contributed by atoms with Crippen LogP contribution in [0.5, 0.6) is 0 Å². The molecule has 0 aromatic carbocycles. The predicted octanol–water partition coefficient (Wildman–Crippen LogP) is 3.72. The minimum absolute atomic E-state index is 0.356. The number of thiophene rings is 2. The van der Waals surface area contributed by atoms with Gasteiger partial charge in [0.1, 0.15) is 0 Å². The second kappa shape index (κ2) is 4.74. The van der Waals surface area contributed by atoms with Crippen LogP contribution in [0.15, 0.2) is 29.0 Å².